The normalized spacial score (nSPS) is 21.1. The van der Waals surface area contributed by atoms with E-state index in [1.165, 1.54) is 54.4 Å². The summed E-state index contributed by atoms with van der Waals surface area (Å²) in [5.41, 5.74) is 4.87. The molecule has 0 radical (unpaired) electrons. The zero-order valence-electron chi connectivity index (χ0n) is 18.5. The highest BCUT2D eigenvalue weighted by Crippen LogP contribution is 2.33. The summed E-state index contributed by atoms with van der Waals surface area (Å²) in [5, 5.41) is 1.27. The quantitative estimate of drug-likeness (QED) is 0.743. The van der Waals surface area contributed by atoms with Crippen LogP contribution in [0.3, 0.4) is 0 Å². The molecule has 29 heavy (non-hydrogen) atoms. The van der Waals surface area contributed by atoms with E-state index in [4.69, 9.17) is 0 Å². The van der Waals surface area contributed by atoms with Gasteiger partial charge in [-0.2, -0.15) is 0 Å². The molecule has 4 nitrogen and oxygen atoms in total. The van der Waals surface area contributed by atoms with Crippen LogP contribution in [0, 0.1) is 5.92 Å². The summed E-state index contributed by atoms with van der Waals surface area (Å²) in [5.74, 6) is 0.956. The van der Waals surface area contributed by atoms with Crippen molar-refractivity contribution >= 4 is 16.8 Å². The van der Waals surface area contributed by atoms with Gasteiger partial charge in [0.05, 0.1) is 0 Å². The molecule has 1 N–H and O–H groups in total. The molecule has 0 bridgehead atoms. The summed E-state index contributed by atoms with van der Waals surface area (Å²) in [6.07, 6.45) is 8.84. The van der Waals surface area contributed by atoms with Crippen LogP contribution in [-0.4, -0.2) is 46.4 Å². The number of carbonyl (C=O) groups excluding carboxylic acids is 1. The number of likely N-dealkylation sites (tertiary alicyclic amines) is 1. The number of H-pyrrole nitrogens is 1. The lowest BCUT2D eigenvalue weighted by molar-refractivity contribution is 0.0697. The van der Waals surface area contributed by atoms with Crippen molar-refractivity contribution in [3.63, 3.8) is 0 Å². The molecule has 1 aromatic heterocycles. The Balaban J connectivity index is 0.000000994. The maximum absolute atomic E-state index is 13.0. The van der Waals surface area contributed by atoms with Crippen molar-refractivity contribution in [3.8, 4) is 0 Å². The minimum atomic E-state index is 0.210. The zero-order chi connectivity index (χ0) is 20.4. The Kier molecular flexibility index (Phi) is 6.29. The number of amides is 1. The highest BCUT2D eigenvalue weighted by Gasteiger charge is 2.28. The largest absolute Gasteiger partial charge is 0.358 e. The van der Waals surface area contributed by atoms with Gasteiger partial charge in [-0.15, -0.1) is 0 Å². The smallest absolute Gasteiger partial charge is 0.253 e. The molecule has 1 aromatic carbocycles. The minimum absolute atomic E-state index is 0.210. The van der Waals surface area contributed by atoms with Gasteiger partial charge < -0.3 is 9.88 Å². The summed E-state index contributed by atoms with van der Waals surface area (Å²) < 4.78 is 0. The van der Waals surface area contributed by atoms with E-state index in [9.17, 15) is 4.79 Å². The van der Waals surface area contributed by atoms with Crippen LogP contribution in [0.15, 0.2) is 18.2 Å². The zero-order valence-corrected chi connectivity index (χ0v) is 18.5. The van der Waals surface area contributed by atoms with Gasteiger partial charge in [-0.1, -0.05) is 33.6 Å². The summed E-state index contributed by atoms with van der Waals surface area (Å²) in [4.78, 5) is 21.4. The monoisotopic (exact) mass is 395 g/mol. The summed E-state index contributed by atoms with van der Waals surface area (Å²) in [6, 6.07) is 7.05. The Morgan fingerprint density at radius 1 is 1.03 bits per heavy atom. The number of rotatable bonds is 2. The third kappa shape index (κ3) is 4.09. The fourth-order valence-electron chi connectivity index (χ4n) is 5.34. The second-order valence-electron chi connectivity index (χ2n) is 8.98. The SMILES string of the molecule is CC.CC1CCN(C(=O)c2ccc3[nH]c4c(c3c2)CN(C2CCCC2)CC4)CC1. The molecule has 1 saturated heterocycles. The van der Waals surface area contributed by atoms with Crippen LogP contribution in [0.4, 0.5) is 0 Å². The van der Waals surface area contributed by atoms with E-state index in [1.54, 1.807) is 0 Å². The van der Waals surface area contributed by atoms with Crippen LogP contribution < -0.4 is 0 Å². The molecule has 2 aromatic rings. The minimum Gasteiger partial charge on any atom is -0.358 e. The lowest BCUT2D eigenvalue weighted by atomic mass is 9.98. The maximum atomic E-state index is 13.0. The molecule has 1 saturated carbocycles. The number of carbonyl (C=O) groups is 1. The Labute approximate surface area is 175 Å². The third-order valence-corrected chi connectivity index (χ3v) is 7.16. The average molecular weight is 396 g/mol. The van der Waals surface area contributed by atoms with Crippen LogP contribution >= 0.6 is 0 Å². The first kappa shape index (κ1) is 20.5. The van der Waals surface area contributed by atoms with Crippen molar-refractivity contribution in [1.82, 2.24) is 14.8 Å². The molecule has 0 unspecified atom stereocenters. The summed E-state index contributed by atoms with van der Waals surface area (Å²) in [6.45, 7) is 10.3. The molecule has 4 heteroatoms. The molecule has 3 aliphatic rings. The first-order valence-corrected chi connectivity index (χ1v) is 11.9. The fraction of sp³-hybridized carbons (Fsp3) is 0.640. The van der Waals surface area contributed by atoms with Crippen molar-refractivity contribution in [2.45, 2.75) is 78.3 Å². The molecule has 2 fully saturated rings. The van der Waals surface area contributed by atoms with Gasteiger partial charge in [-0.05, 0) is 55.4 Å². The van der Waals surface area contributed by atoms with E-state index in [1.807, 2.05) is 24.8 Å². The Morgan fingerprint density at radius 2 is 1.76 bits per heavy atom. The molecular formula is C25H37N3O. The van der Waals surface area contributed by atoms with Gasteiger partial charge >= 0.3 is 0 Å². The average Bonchev–Trinajstić information content (AvgIpc) is 3.42. The molecule has 0 atom stereocenters. The predicted octanol–water partition coefficient (Wildman–Crippen LogP) is 5.37. The van der Waals surface area contributed by atoms with Crippen molar-refractivity contribution < 1.29 is 4.79 Å². The number of hydrogen-bond donors (Lipinski definition) is 1. The van der Waals surface area contributed by atoms with Crippen LogP contribution in [0.5, 0.6) is 0 Å². The van der Waals surface area contributed by atoms with E-state index in [0.717, 1.165) is 56.4 Å². The lowest BCUT2D eigenvalue weighted by Crippen LogP contribution is -2.38. The second-order valence-corrected chi connectivity index (χ2v) is 8.98. The topological polar surface area (TPSA) is 39.3 Å². The predicted molar refractivity (Wildman–Crippen MR) is 120 cm³/mol. The number of aromatic nitrogens is 1. The maximum Gasteiger partial charge on any atom is 0.253 e. The van der Waals surface area contributed by atoms with Gasteiger partial charge in [0.1, 0.15) is 0 Å². The number of fused-ring (bicyclic) bond motifs is 3. The van der Waals surface area contributed by atoms with Gasteiger partial charge in [0.15, 0.2) is 0 Å². The third-order valence-electron chi connectivity index (χ3n) is 7.16. The molecule has 0 spiro atoms. The van der Waals surface area contributed by atoms with E-state index in [-0.39, 0.29) is 5.91 Å². The van der Waals surface area contributed by atoms with Gasteiger partial charge in [0, 0.05) is 60.8 Å². The van der Waals surface area contributed by atoms with Gasteiger partial charge in [0.2, 0.25) is 0 Å². The number of piperidine rings is 1. The molecule has 1 amide bonds. The van der Waals surface area contributed by atoms with Crippen molar-refractivity contribution in [2.24, 2.45) is 5.92 Å². The molecule has 2 aliphatic heterocycles. The van der Waals surface area contributed by atoms with Crippen molar-refractivity contribution in [1.29, 1.82) is 0 Å². The van der Waals surface area contributed by atoms with E-state index >= 15 is 0 Å². The first-order valence-electron chi connectivity index (χ1n) is 11.9. The van der Waals surface area contributed by atoms with Gasteiger partial charge in [-0.25, -0.2) is 0 Å². The number of nitrogens with zero attached hydrogens (tertiary/aromatic N) is 2. The first-order chi connectivity index (χ1) is 14.2. The molecule has 158 valence electrons. The van der Waals surface area contributed by atoms with Gasteiger partial charge in [0.25, 0.3) is 5.91 Å². The second kappa shape index (κ2) is 8.91. The highest BCUT2D eigenvalue weighted by atomic mass is 16.2. The summed E-state index contributed by atoms with van der Waals surface area (Å²) in [7, 11) is 0. The molecule has 1 aliphatic carbocycles. The Morgan fingerprint density at radius 3 is 2.48 bits per heavy atom. The van der Waals surface area contributed by atoms with E-state index in [0.29, 0.717) is 0 Å². The molecule has 3 heterocycles. The van der Waals surface area contributed by atoms with Crippen LogP contribution in [0.25, 0.3) is 10.9 Å². The number of aromatic amines is 1. The Bertz CT molecular complexity index is 841. The van der Waals surface area contributed by atoms with Crippen molar-refractivity contribution in [2.75, 3.05) is 19.6 Å². The number of nitrogens with one attached hydrogen (secondary N) is 1. The Hall–Kier alpha value is -1.81. The summed E-state index contributed by atoms with van der Waals surface area (Å²) >= 11 is 0. The van der Waals surface area contributed by atoms with Crippen molar-refractivity contribution in [3.05, 3.63) is 35.0 Å². The molecule has 5 rings (SSSR count). The fourth-order valence-corrected chi connectivity index (χ4v) is 5.34. The van der Waals surface area contributed by atoms with Gasteiger partial charge in [-0.3, -0.25) is 9.69 Å². The number of benzene rings is 1. The van der Waals surface area contributed by atoms with Crippen LogP contribution in [0.1, 0.15) is 80.9 Å². The lowest BCUT2D eigenvalue weighted by Gasteiger charge is -2.32. The molecular weight excluding hydrogens is 358 g/mol. The van der Waals surface area contributed by atoms with E-state index < -0.39 is 0 Å². The van der Waals surface area contributed by atoms with Crippen LogP contribution in [-0.2, 0) is 13.0 Å². The van der Waals surface area contributed by atoms with Crippen LogP contribution in [0.2, 0.25) is 0 Å². The number of hydrogen-bond acceptors (Lipinski definition) is 2. The highest BCUT2D eigenvalue weighted by molar-refractivity contribution is 5.99. The standard InChI is InChI=1S/C23H31N3O.C2H6/c1-16-8-11-25(12-9-16)23(27)17-6-7-21-19(14-17)20-15-26(13-10-22(20)24-21)18-4-2-3-5-18;1-2/h6-7,14,16,18,24H,2-5,8-13,15H2,1H3;1-2H3. The van der Waals surface area contributed by atoms with E-state index in [2.05, 4.69) is 28.9 Å².